The lowest BCUT2D eigenvalue weighted by Crippen LogP contribution is -2.37. The normalized spacial score (nSPS) is 11.1. The molecule has 0 fully saturated rings. The smallest absolute Gasteiger partial charge is 0.354 e. The van der Waals surface area contributed by atoms with Crippen LogP contribution >= 0.6 is 11.6 Å². The Balaban J connectivity index is 1.49. The fourth-order valence-electron chi connectivity index (χ4n) is 3.01. The maximum Gasteiger partial charge on any atom is 0.416 e. The van der Waals surface area contributed by atoms with Crippen molar-refractivity contribution in [3.63, 3.8) is 0 Å². The van der Waals surface area contributed by atoms with Crippen LogP contribution in [-0.2, 0) is 17.4 Å². The summed E-state index contributed by atoms with van der Waals surface area (Å²) < 4.78 is 38.7. The predicted octanol–water partition coefficient (Wildman–Crippen LogP) is 5.11. The molecule has 2 N–H and O–H groups in total. The Bertz CT molecular complexity index is 1080. The van der Waals surface area contributed by atoms with E-state index in [2.05, 4.69) is 10.6 Å². The number of benzene rings is 3. The highest BCUT2D eigenvalue weighted by atomic mass is 35.5. The molecule has 0 atom stereocenters. The first kappa shape index (κ1) is 23.3. The van der Waals surface area contributed by atoms with Gasteiger partial charge in [-0.05, 0) is 59.5 Å². The van der Waals surface area contributed by atoms with E-state index < -0.39 is 17.6 Å². The third-order valence-electron chi connectivity index (χ3n) is 4.73. The van der Waals surface area contributed by atoms with E-state index in [0.717, 1.165) is 17.7 Å². The maximum absolute atomic E-state index is 12.9. The van der Waals surface area contributed by atoms with Crippen molar-refractivity contribution in [3.8, 4) is 11.1 Å². The summed E-state index contributed by atoms with van der Waals surface area (Å²) in [5, 5.41) is 5.89. The Morgan fingerprint density at radius 1 is 0.844 bits per heavy atom. The van der Waals surface area contributed by atoms with Crippen molar-refractivity contribution in [2.75, 3.05) is 13.1 Å². The molecule has 32 heavy (non-hydrogen) atoms. The molecular formula is C24H20ClF3N2O2. The van der Waals surface area contributed by atoms with E-state index in [1.807, 2.05) is 12.1 Å². The standard InChI is InChI=1S/C24H20ClF3N2O2/c25-21-10-4-16(5-11-21)12-13-29-22(31)15-30-23(32)18-8-6-17(7-9-18)19-2-1-3-20(14-19)24(26,27)28/h1-11,14H,12-13,15H2,(H,29,31)(H,30,32). The Hall–Kier alpha value is -3.32. The highest BCUT2D eigenvalue weighted by Gasteiger charge is 2.30. The summed E-state index contributed by atoms with van der Waals surface area (Å²) in [4.78, 5) is 24.2. The van der Waals surface area contributed by atoms with Crippen LogP contribution in [-0.4, -0.2) is 24.9 Å². The van der Waals surface area contributed by atoms with Gasteiger partial charge in [0.25, 0.3) is 5.91 Å². The Morgan fingerprint density at radius 3 is 2.19 bits per heavy atom. The zero-order chi connectivity index (χ0) is 23.1. The molecule has 4 nitrogen and oxygen atoms in total. The Morgan fingerprint density at radius 2 is 1.53 bits per heavy atom. The number of carbonyl (C=O) groups is 2. The second-order valence-corrected chi connectivity index (χ2v) is 7.50. The van der Waals surface area contributed by atoms with Gasteiger partial charge in [0.05, 0.1) is 12.1 Å². The number of alkyl halides is 3. The topological polar surface area (TPSA) is 58.2 Å². The van der Waals surface area contributed by atoms with Crippen LogP contribution < -0.4 is 10.6 Å². The lowest BCUT2D eigenvalue weighted by atomic mass is 10.0. The fraction of sp³-hybridized carbons (Fsp3) is 0.167. The van der Waals surface area contributed by atoms with Gasteiger partial charge in [-0.2, -0.15) is 13.2 Å². The average Bonchev–Trinajstić information content (AvgIpc) is 2.78. The molecule has 0 saturated heterocycles. The van der Waals surface area contributed by atoms with Gasteiger partial charge in [0.15, 0.2) is 0 Å². The van der Waals surface area contributed by atoms with Crippen LogP contribution in [0.25, 0.3) is 11.1 Å². The molecular weight excluding hydrogens is 441 g/mol. The van der Waals surface area contributed by atoms with Gasteiger partial charge in [-0.15, -0.1) is 0 Å². The molecule has 0 heterocycles. The van der Waals surface area contributed by atoms with E-state index >= 15 is 0 Å². The van der Waals surface area contributed by atoms with E-state index in [-0.39, 0.29) is 12.5 Å². The van der Waals surface area contributed by atoms with Gasteiger partial charge in [0.1, 0.15) is 0 Å². The quantitative estimate of drug-likeness (QED) is 0.514. The summed E-state index contributed by atoms with van der Waals surface area (Å²) in [6, 6.07) is 18.4. The fourth-order valence-corrected chi connectivity index (χ4v) is 3.14. The zero-order valence-corrected chi connectivity index (χ0v) is 17.6. The number of carbonyl (C=O) groups excluding carboxylic acids is 2. The van der Waals surface area contributed by atoms with Crippen molar-refractivity contribution in [2.24, 2.45) is 0 Å². The van der Waals surface area contributed by atoms with Crippen molar-refractivity contribution < 1.29 is 22.8 Å². The van der Waals surface area contributed by atoms with Crippen LogP contribution in [0.4, 0.5) is 13.2 Å². The molecule has 166 valence electrons. The van der Waals surface area contributed by atoms with E-state index in [1.54, 1.807) is 30.3 Å². The van der Waals surface area contributed by atoms with Crippen LogP contribution in [0.1, 0.15) is 21.5 Å². The van der Waals surface area contributed by atoms with Gasteiger partial charge in [-0.1, -0.05) is 48.0 Å². The molecule has 0 bridgehead atoms. The van der Waals surface area contributed by atoms with Crippen LogP contribution in [0.5, 0.6) is 0 Å². The number of hydrogen-bond donors (Lipinski definition) is 2. The largest absolute Gasteiger partial charge is 0.416 e. The summed E-state index contributed by atoms with van der Waals surface area (Å²) in [7, 11) is 0. The van der Waals surface area contributed by atoms with Crippen molar-refractivity contribution in [1.82, 2.24) is 10.6 Å². The minimum Gasteiger partial charge on any atom is -0.354 e. The molecule has 0 aliphatic carbocycles. The molecule has 0 aromatic heterocycles. The number of nitrogens with one attached hydrogen (secondary N) is 2. The minimum absolute atomic E-state index is 0.186. The van der Waals surface area contributed by atoms with E-state index in [0.29, 0.717) is 34.7 Å². The van der Waals surface area contributed by atoms with Gasteiger partial charge in [-0.25, -0.2) is 0 Å². The van der Waals surface area contributed by atoms with Gasteiger partial charge in [-0.3, -0.25) is 9.59 Å². The first-order valence-electron chi connectivity index (χ1n) is 9.79. The van der Waals surface area contributed by atoms with Crippen molar-refractivity contribution in [3.05, 3.63) is 94.5 Å². The van der Waals surface area contributed by atoms with E-state index in [9.17, 15) is 22.8 Å². The molecule has 3 aromatic rings. The van der Waals surface area contributed by atoms with Gasteiger partial charge in [0.2, 0.25) is 5.91 Å². The molecule has 0 aliphatic rings. The lowest BCUT2D eigenvalue weighted by Gasteiger charge is -2.10. The number of rotatable bonds is 7. The van der Waals surface area contributed by atoms with Gasteiger partial charge >= 0.3 is 6.18 Å². The van der Waals surface area contributed by atoms with Crippen molar-refractivity contribution in [2.45, 2.75) is 12.6 Å². The monoisotopic (exact) mass is 460 g/mol. The average molecular weight is 461 g/mol. The predicted molar refractivity (Wildman–Crippen MR) is 117 cm³/mol. The van der Waals surface area contributed by atoms with E-state index in [4.69, 9.17) is 11.6 Å². The highest BCUT2D eigenvalue weighted by Crippen LogP contribution is 2.32. The number of halogens is 4. The lowest BCUT2D eigenvalue weighted by molar-refractivity contribution is -0.137. The van der Waals surface area contributed by atoms with E-state index in [1.165, 1.54) is 18.2 Å². The first-order chi connectivity index (χ1) is 15.2. The summed E-state index contributed by atoms with van der Waals surface area (Å²) in [5.74, 6) is -0.777. The third kappa shape index (κ3) is 6.59. The van der Waals surface area contributed by atoms with Crippen LogP contribution in [0.15, 0.2) is 72.8 Å². The zero-order valence-electron chi connectivity index (χ0n) is 16.9. The molecule has 0 saturated carbocycles. The molecule has 0 radical (unpaired) electrons. The molecule has 8 heteroatoms. The van der Waals surface area contributed by atoms with Crippen molar-refractivity contribution >= 4 is 23.4 Å². The highest BCUT2D eigenvalue weighted by molar-refractivity contribution is 6.30. The third-order valence-corrected chi connectivity index (χ3v) is 4.98. The Kier molecular flexibility index (Phi) is 7.53. The second-order valence-electron chi connectivity index (χ2n) is 7.07. The summed E-state index contributed by atoms with van der Waals surface area (Å²) in [6.45, 7) is 0.233. The maximum atomic E-state index is 12.9. The number of hydrogen-bond acceptors (Lipinski definition) is 2. The van der Waals surface area contributed by atoms with Gasteiger partial charge < -0.3 is 10.6 Å². The minimum atomic E-state index is -4.43. The molecule has 0 aliphatic heterocycles. The first-order valence-corrected chi connectivity index (χ1v) is 10.2. The molecule has 3 aromatic carbocycles. The summed E-state index contributed by atoms with van der Waals surface area (Å²) in [6.07, 6.45) is -3.79. The summed E-state index contributed by atoms with van der Waals surface area (Å²) >= 11 is 5.83. The molecule has 0 unspecified atom stereocenters. The van der Waals surface area contributed by atoms with Crippen LogP contribution in [0, 0.1) is 0 Å². The Labute approximate surface area is 188 Å². The van der Waals surface area contributed by atoms with Gasteiger partial charge in [0, 0.05) is 17.1 Å². The van der Waals surface area contributed by atoms with Crippen LogP contribution in [0.3, 0.4) is 0 Å². The molecule has 2 amide bonds. The van der Waals surface area contributed by atoms with Crippen LogP contribution in [0.2, 0.25) is 5.02 Å². The summed E-state index contributed by atoms with van der Waals surface area (Å²) in [5.41, 5.74) is 1.53. The number of amides is 2. The molecule has 0 spiro atoms. The van der Waals surface area contributed by atoms with Crippen molar-refractivity contribution in [1.29, 1.82) is 0 Å². The second kappa shape index (κ2) is 10.3. The molecule has 3 rings (SSSR count). The SMILES string of the molecule is O=C(CNC(=O)c1ccc(-c2cccc(C(F)(F)F)c2)cc1)NCCc1ccc(Cl)cc1.